The van der Waals surface area contributed by atoms with E-state index in [2.05, 4.69) is 24.4 Å². The van der Waals surface area contributed by atoms with E-state index in [9.17, 15) is 0 Å². The molecule has 1 atom stereocenters. The maximum atomic E-state index is 4.33. The van der Waals surface area contributed by atoms with E-state index in [0.717, 1.165) is 19.0 Å². The van der Waals surface area contributed by atoms with Crippen LogP contribution in [-0.2, 0) is 6.54 Å². The summed E-state index contributed by atoms with van der Waals surface area (Å²) in [6.07, 6.45) is 11.7. The molecule has 1 aliphatic heterocycles. The molecule has 2 aromatic heterocycles. The van der Waals surface area contributed by atoms with E-state index in [1.165, 1.54) is 12.8 Å². The van der Waals surface area contributed by atoms with Crippen molar-refractivity contribution in [1.29, 1.82) is 0 Å². The number of rotatable bonds is 3. The normalized spacial score (nSPS) is 19.8. The van der Waals surface area contributed by atoms with Crippen molar-refractivity contribution < 1.29 is 0 Å². The number of nitrogens with zero attached hydrogens (tertiary/aromatic N) is 5. The van der Waals surface area contributed by atoms with E-state index in [-0.39, 0.29) is 0 Å². The van der Waals surface area contributed by atoms with Gasteiger partial charge in [0.05, 0.1) is 6.33 Å². The quantitative estimate of drug-likeness (QED) is 0.797. The lowest BCUT2D eigenvalue weighted by molar-refractivity contribution is 0.544. The van der Waals surface area contributed by atoms with Crippen LogP contribution in [0.25, 0.3) is 0 Å². The third-order valence-electron chi connectivity index (χ3n) is 3.17. The third kappa shape index (κ3) is 2.13. The number of anilines is 1. The Morgan fingerprint density at radius 3 is 2.88 bits per heavy atom. The van der Waals surface area contributed by atoms with Gasteiger partial charge in [-0.25, -0.2) is 15.0 Å². The van der Waals surface area contributed by atoms with Crippen LogP contribution in [0.15, 0.2) is 37.2 Å². The summed E-state index contributed by atoms with van der Waals surface area (Å²) in [5, 5.41) is 0. The molecular formula is C12H15N5. The minimum absolute atomic E-state index is 0.478. The van der Waals surface area contributed by atoms with Crippen LogP contribution in [0.5, 0.6) is 0 Å². The molecule has 1 unspecified atom stereocenters. The molecule has 0 saturated carbocycles. The van der Waals surface area contributed by atoms with E-state index in [0.29, 0.717) is 6.04 Å². The van der Waals surface area contributed by atoms with Gasteiger partial charge in [-0.2, -0.15) is 0 Å². The number of hydrogen-bond donors (Lipinski definition) is 0. The number of imidazole rings is 1. The third-order valence-corrected chi connectivity index (χ3v) is 3.17. The minimum Gasteiger partial charge on any atom is -0.336 e. The van der Waals surface area contributed by atoms with Crippen LogP contribution in [0, 0.1) is 0 Å². The Hall–Kier alpha value is -1.91. The van der Waals surface area contributed by atoms with E-state index < -0.39 is 0 Å². The van der Waals surface area contributed by atoms with Gasteiger partial charge in [-0.3, -0.25) is 0 Å². The number of hydrogen-bond acceptors (Lipinski definition) is 4. The van der Waals surface area contributed by atoms with Crippen molar-refractivity contribution in [3.05, 3.63) is 37.2 Å². The zero-order valence-corrected chi connectivity index (χ0v) is 9.61. The molecule has 0 amide bonds. The summed E-state index contributed by atoms with van der Waals surface area (Å²) in [5.74, 6) is 0.843. The van der Waals surface area contributed by atoms with E-state index >= 15 is 0 Å². The Morgan fingerprint density at radius 2 is 2.12 bits per heavy atom. The Bertz CT molecular complexity index is 453. The molecule has 88 valence electrons. The predicted octanol–water partition coefficient (Wildman–Crippen LogP) is 1.34. The van der Waals surface area contributed by atoms with Crippen LogP contribution in [0.2, 0.25) is 0 Å². The van der Waals surface area contributed by atoms with Gasteiger partial charge in [-0.05, 0) is 18.9 Å². The Labute approximate surface area is 100 Å². The van der Waals surface area contributed by atoms with E-state index in [4.69, 9.17) is 0 Å². The molecule has 1 saturated heterocycles. The lowest BCUT2D eigenvalue weighted by Gasteiger charge is -2.24. The molecule has 0 bridgehead atoms. The molecule has 1 aliphatic rings. The van der Waals surface area contributed by atoms with Gasteiger partial charge >= 0.3 is 0 Å². The monoisotopic (exact) mass is 229 g/mol. The first-order chi connectivity index (χ1) is 8.43. The molecule has 5 heteroatoms. The smallest absolute Gasteiger partial charge is 0.225 e. The zero-order chi connectivity index (χ0) is 11.5. The van der Waals surface area contributed by atoms with Crippen molar-refractivity contribution in [1.82, 2.24) is 19.5 Å². The lowest BCUT2D eigenvalue weighted by Crippen LogP contribution is -2.33. The van der Waals surface area contributed by atoms with Crippen molar-refractivity contribution >= 4 is 5.95 Å². The van der Waals surface area contributed by atoms with Gasteiger partial charge in [0.15, 0.2) is 0 Å². The van der Waals surface area contributed by atoms with Gasteiger partial charge in [0, 0.05) is 43.9 Å². The summed E-state index contributed by atoms with van der Waals surface area (Å²) in [6.45, 7) is 2.00. The molecule has 1 fully saturated rings. The topological polar surface area (TPSA) is 46.8 Å². The van der Waals surface area contributed by atoms with Gasteiger partial charge in [0.1, 0.15) is 0 Å². The summed E-state index contributed by atoms with van der Waals surface area (Å²) < 4.78 is 2.12. The molecule has 0 aliphatic carbocycles. The average Bonchev–Trinajstić information content (AvgIpc) is 3.02. The SMILES string of the molecule is c1cnc(N2CCCC2Cn2ccnc2)nc1. The van der Waals surface area contributed by atoms with Crippen LogP contribution in [-0.4, -0.2) is 32.1 Å². The molecule has 2 aromatic rings. The highest BCUT2D eigenvalue weighted by molar-refractivity contribution is 5.32. The second-order valence-electron chi connectivity index (χ2n) is 4.30. The average molecular weight is 229 g/mol. The maximum absolute atomic E-state index is 4.33. The van der Waals surface area contributed by atoms with Crippen molar-refractivity contribution in [2.75, 3.05) is 11.4 Å². The maximum Gasteiger partial charge on any atom is 0.225 e. The molecule has 0 spiro atoms. The van der Waals surface area contributed by atoms with Crippen molar-refractivity contribution in [3.8, 4) is 0 Å². The van der Waals surface area contributed by atoms with Crippen molar-refractivity contribution in [3.63, 3.8) is 0 Å². The van der Waals surface area contributed by atoms with Crippen LogP contribution < -0.4 is 4.90 Å². The number of aromatic nitrogens is 4. The lowest BCUT2D eigenvalue weighted by atomic mass is 10.2. The fraction of sp³-hybridized carbons (Fsp3) is 0.417. The second kappa shape index (κ2) is 4.53. The van der Waals surface area contributed by atoms with Crippen LogP contribution in [0.1, 0.15) is 12.8 Å². The molecular weight excluding hydrogens is 214 g/mol. The summed E-state index contributed by atoms with van der Waals surface area (Å²) in [5.41, 5.74) is 0. The zero-order valence-electron chi connectivity index (χ0n) is 9.61. The fourth-order valence-corrected chi connectivity index (χ4v) is 2.37. The Kier molecular flexibility index (Phi) is 2.73. The summed E-state index contributed by atoms with van der Waals surface area (Å²) >= 11 is 0. The van der Waals surface area contributed by atoms with E-state index in [1.807, 2.05) is 24.8 Å². The molecule has 3 heterocycles. The van der Waals surface area contributed by atoms with Crippen molar-refractivity contribution in [2.45, 2.75) is 25.4 Å². The Morgan fingerprint density at radius 1 is 1.24 bits per heavy atom. The molecule has 0 aromatic carbocycles. The first-order valence-corrected chi connectivity index (χ1v) is 5.93. The van der Waals surface area contributed by atoms with Crippen molar-refractivity contribution in [2.24, 2.45) is 0 Å². The van der Waals surface area contributed by atoms with Crippen LogP contribution in [0.3, 0.4) is 0 Å². The van der Waals surface area contributed by atoms with Gasteiger partial charge in [0.2, 0.25) is 5.95 Å². The highest BCUT2D eigenvalue weighted by Crippen LogP contribution is 2.22. The van der Waals surface area contributed by atoms with Crippen LogP contribution >= 0.6 is 0 Å². The minimum atomic E-state index is 0.478. The van der Waals surface area contributed by atoms with Gasteiger partial charge < -0.3 is 9.47 Å². The van der Waals surface area contributed by atoms with Gasteiger partial charge in [-0.15, -0.1) is 0 Å². The standard InChI is InChI=1S/C12H15N5/c1-3-11(9-16-8-6-13-10-16)17(7-1)12-14-4-2-5-15-12/h2,4-6,8,10-11H,1,3,7,9H2. The molecule has 0 radical (unpaired) electrons. The predicted molar refractivity (Wildman–Crippen MR) is 64.6 cm³/mol. The summed E-state index contributed by atoms with van der Waals surface area (Å²) in [4.78, 5) is 15.0. The first kappa shape index (κ1) is 10.3. The van der Waals surface area contributed by atoms with E-state index in [1.54, 1.807) is 12.4 Å². The second-order valence-corrected chi connectivity index (χ2v) is 4.30. The molecule has 17 heavy (non-hydrogen) atoms. The van der Waals surface area contributed by atoms with Gasteiger partial charge in [-0.1, -0.05) is 0 Å². The van der Waals surface area contributed by atoms with Crippen LogP contribution in [0.4, 0.5) is 5.95 Å². The molecule has 5 nitrogen and oxygen atoms in total. The van der Waals surface area contributed by atoms with Gasteiger partial charge in [0.25, 0.3) is 0 Å². The Balaban J connectivity index is 1.76. The summed E-state index contributed by atoms with van der Waals surface area (Å²) in [7, 11) is 0. The summed E-state index contributed by atoms with van der Waals surface area (Å²) in [6, 6.07) is 2.33. The highest BCUT2D eigenvalue weighted by Gasteiger charge is 2.26. The molecule has 3 rings (SSSR count). The molecule has 0 N–H and O–H groups in total. The highest BCUT2D eigenvalue weighted by atomic mass is 15.3. The largest absolute Gasteiger partial charge is 0.336 e. The fourth-order valence-electron chi connectivity index (χ4n) is 2.37. The first-order valence-electron chi connectivity index (χ1n) is 5.93.